The molecule has 39 heavy (non-hydrogen) atoms. The van der Waals surface area contributed by atoms with Gasteiger partial charge >= 0.3 is 0 Å². The third-order valence-corrected chi connectivity index (χ3v) is 6.77. The first-order valence-electron chi connectivity index (χ1n) is 12.4. The van der Waals surface area contributed by atoms with E-state index in [2.05, 4.69) is 16.0 Å². The number of hydrogen-bond donors (Lipinski definition) is 3. The number of rotatable bonds is 9. The minimum Gasteiger partial charge on any atom is -0.325 e. The van der Waals surface area contributed by atoms with Gasteiger partial charge in [-0.3, -0.25) is 14.4 Å². The summed E-state index contributed by atoms with van der Waals surface area (Å²) in [5.74, 6) is -0.736. The largest absolute Gasteiger partial charge is 0.325 e. The van der Waals surface area contributed by atoms with Gasteiger partial charge in [0, 0.05) is 21.8 Å². The second-order valence-electron chi connectivity index (χ2n) is 8.92. The minimum absolute atomic E-state index is 0.118. The molecule has 3 amide bonds. The van der Waals surface area contributed by atoms with Crippen molar-refractivity contribution in [3.63, 3.8) is 0 Å². The van der Waals surface area contributed by atoms with E-state index in [1.807, 2.05) is 80.6 Å². The maximum Gasteiger partial charge on any atom is 0.272 e. The van der Waals surface area contributed by atoms with E-state index >= 15 is 0 Å². The van der Waals surface area contributed by atoms with Crippen LogP contribution < -0.4 is 16.0 Å². The van der Waals surface area contributed by atoms with E-state index in [1.165, 1.54) is 11.8 Å². The first kappa shape index (κ1) is 27.4. The molecule has 0 bridgehead atoms. The number of hydrogen-bond acceptors (Lipinski definition) is 4. The van der Waals surface area contributed by atoms with Crippen LogP contribution in [0.25, 0.3) is 6.08 Å². The first-order chi connectivity index (χ1) is 18.9. The monoisotopic (exact) mass is 535 g/mol. The quantitative estimate of drug-likeness (QED) is 0.170. The molecule has 4 aromatic rings. The molecule has 4 rings (SSSR count). The van der Waals surface area contributed by atoms with Crippen LogP contribution in [0.3, 0.4) is 0 Å². The van der Waals surface area contributed by atoms with Crippen molar-refractivity contribution >= 4 is 46.9 Å². The van der Waals surface area contributed by atoms with Crippen LogP contribution in [0.5, 0.6) is 0 Å². The molecular weight excluding hydrogens is 506 g/mol. The van der Waals surface area contributed by atoms with Gasteiger partial charge in [0.25, 0.3) is 11.8 Å². The van der Waals surface area contributed by atoms with Gasteiger partial charge < -0.3 is 16.0 Å². The van der Waals surface area contributed by atoms with Crippen molar-refractivity contribution in [3.8, 4) is 0 Å². The van der Waals surface area contributed by atoms with Crippen LogP contribution in [0.4, 0.5) is 11.4 Å². The Labute approximate surface area is 232 Å². The Morgan fingerprint density at radius 2 is 1.44 bits per heavy atom. The van der Waals surface area contributed by atoms with Crippen molar-refractivity contribution in [2.75, 3.05) is 16.4 Å². The topological polar surface area (TPSA) is 87.3 Å². The van der Waals surface area contributed by atoms with Crippen LogP contribution in [0.1, 0.15) is 27.0 Å². The van der Waals surface area contributed by atoms with E-state index in [0.717, 1.165) is 27.3 Å². The van der Waals surface area contributed by atoms with Crippen LogP contribution in [0, 0.1) is 13.8 Å². The van der Waals surface area contributed by atoms with Gasteiger partial charge in [-0.05, 0) is 79.1 Å². The normalized spacial score (nSPS) is 11.0. The van der Waals surface area contributed by atoms with Crippen molar-refractivity contribution in [3.05, 3.63) is 131 Å². The van der Waals surface area contributed by atoms with E-state index in [0.29, 0.717) is 11.3 Å². The van der Waals surface area contributed by atoms with Crippen LogP contribution in [-0.2, 0) is 9.59 Å². The number of amides is 3. The Hall–Kier alpha value is -4.62. The fourth-order valence-corrected chi connectivity index (χ4v) is 4.53. The highest BCUT2D eigenvalue weighted by Crippen LogP contribution is 2.23. The molecule has 0 heterocycles. The van der Waals surface area contributed by atoms with Crippen LogP contribution in [0.2, 0.25) is 0 Å². The molecule has 6 nitrogen and oxygen atoms in total. The van der Waals surface area contributed by atoms with Crippen LogP contribution in [0.15, 0.2) is 114 Å². The fourth-order valence-electron chi connectivity index (χ4n) is 3.78. The molecule has 0 aliphatic rings. The minimum atomic E-state index is -0.457. The second kappa shape index (κ2) is 13.3. The average Bonchev–Trinajstić information content (AvgIpc) is 2.93. The third-order valence-electron chi connectivity index (χ3n) is 5.78. The molecule has 0 saturated carbocycles. The summed E-state index contributed by atoms with van der Waals surface area (Å²) in [6.45, 7) is 3.91. The Kier molecular flexibility index (Phi) is 9.32. The highest BCUT2D eigenvalue weighted by molar-refractivity contribution is 8.00. The predicted octanol–water partition coefficient (Wildman–Crippen LogP) is 6.44. The number of carbonyl (C=O) groups excluding carboxylic acids is 3. The summed E-state index contributed by atoms with van der Waals surface area (Å²) in [7, 11) is 0. The summed E-state index contributed by atoms with van der Waals surface area (Å²) in [4.78, 5) is 39.4. The van der Waals surface area contributed by atoms with Gasteiger partial charge in [0.15, 0.2) is 0 Å². The summed E-state index contributed by atoms with van der Waals surface area (Å²) in [6, 6.07) is 31.2. The lowest BCUT2D eigenvalue weighted by Gasteiger charge is -2.13. The van der Waals surface area contributed by atoms with Crippen molar-refractivity contribution in [1.29, 1.82) is 0 Å². The molecule has 0 atom stereocenters. The number of aryl methyl sites for hydroxylation is 2. The zero-order valence-corrected chi connectivity index (χ0v) is 22.5. The smallest absolute Gasteiger partial charge is 0.272 e. The average molecular weight is 536 g/mol. The molecule has 3 N–H and O–H groups in total. The molecule has 4 aromatic carbocycles. The Morgan fingerprint density at radius 3 is 2.18 bits per heavy atom. The van der Waals surface area contributed by atoms with Gasteiger partial charge in [-0.2, -0.15) is 0 Å². The maximum absolute atomic E-state index is 13.3. The lowest BCUT2D eigenvalue weighted by atomic mass is 10.1. The molecular formula is C32H29N3O3S. The summed E-state index contributed by atoms with van der Waals surface area (Å²) in [5.41, 5.74) is 4.73. The van der Waals surface area contributed by atoms with E-state index in [-0.39, 0.29) is 23.3 Å². The van der Waals surface area contributed by atoms with Gasteiger partial charge in [-0.25, -0.2) is 0 Å². The molecule has 0 unspecified atom stereocenters. The van der Waals surface area contributed by atoms with E-state index in [9.17, 15) is 14.4 Å². The molecule has 0 aliphatic heterocycles. The Bertz CT molecular complexity index is 1520. The number of anilines is 2. The lowest BCUT2D eigenvalue weighted by Crippen LogP contribution is -2.30. The van der Waals surface area contributed by atoms with Gasteiger partial charge in [-0.15, -0.1) is 11.8 Å². The summed E-state index contributed by atoms with van der Waals surface area (Å²) >= 11 is 1.37. The summed E-state index contributed by atoms with van der Waals surface area (Å²) in [5, 5.41) is 8.54. The van der Waals surface area contributed by atoms with Crippen molar-refractivity contribution in [1.82, 2.24) is 5.32 Å². The Morgan fingerprint density at radius 1 is 0.744 bits per heavy atom. The zero-order valence-electron chi connectivity index (χ0n) is 21.7. The highest BCUT2D eigenvalue weighted by Gasteiger charge is 2.16. The number of nitrogens with one attached hydrogen (secondary N) is 3. The standard InChI is InChI=1S/C32H29N3O3S/c1-22-10-8-15-26(18-22)33-30(36)21-39-28-17-9-16-27(20-28)34-32(38)29(19-25-14-7-6-11-23(25)2)35-31(37)24-12-4-3-5-13-24/h3-20H,21H2,1-2H3,(H,33,36)(H,34,38)(H,35,37)/b29-19-. The highest BCUT2D eigenvalue weighted by atomic mass is 32.2. The number of carbonyl (C=O) groups is 3. The Balaban J connectivity index is 1.46. The SMILES string of the molecule is Cc1cccc(NC(=O)CSc2cccc(NC(=O)/C(=C/c3ccccc3C)NC(=O)c3ccccc3)c2)c1. The molecule has 7 heteroatoms. The predicted molar refractivity (Wildman–Crippen MR) is 159 cm³/mol. The summed E-state index contributed by atoms with van der Waals surface area (Å²) < 4.78 is 0. The molecule has 196 valence electrons. The van der Waals surface area contributed by atoms with E-state index in [4.69, 9.17) is 0 Å². The molecule has 0 radical (unpaired) electrons. The molecule has 0 aliphatic carbocycles. The van der Waals surface area contributed by atoms with Crippen LogP contribution in [-0.4, -0.2) is 23.5 Å². The third kappa shape index (κ3) is 8.18. The lowest BCUT2D eigenvalue weighted by molar-refractivity contribution is -0.114. The van der Waals surface area contributed by atoms with E-state index < -0.39 is 5.91 Å². The van der Waals surface area contributed by atoms with Crippen molar-refractivity contribution in [2.45, 2.75) is 18.7 Å². The van der Waals surface area contributed by atoms with Gasteiger partial charge in [0.2, 0.25) is 5.91 Å². The van der Waals surface area contributed by atoms with E-state index in [1.54, 1.807) is 42.5 Å². The van der Waals surface area contributed by atoms with Gasteiger partial charge in [-0.1, -0.05) is 60.7 Å². The number of benzene rings is 4. The van der Waals surface area contributed by atoms with Gasteiger partial charge in [0.1, 0.15) is 5.70 Å². The first-order valence-corrected chi connectivity index (χ1v) is 13.4. The second-order valence-corrected chi connectivity index (χ2v) is 9.97. The van der Waals surface area contributed by atoms with Crippen LogP contribution >= 0.6 is 11.8 Å². The molecule has 0 saturated heterocycles. The van der Waals surface area contributed by atoms with Crippen molar-refractivity contribution < 1.29 is 14.4 Å². The molecule has 0 fully saturated rings. The summed E-state index contributed by atoms with van der Waals surface area (Å²) in [6.07, 6.45) is 1.67. The molecule has 0 aromatic heterocycles. The maximum atomic E-state index is 13.3. The molecule has 0 spiro atoms. The zero-order chi connectivity index (χ0) is 27.6. The fraction of sp³-hybridized carbons (Fsp3) is 0.0938. The van der Waals surface area contributed by atoms with Crippen molar-refractivity contribution in [2.24, 2.45) is 0 Å². The van der Waals surface area contributed by atoms with Gasteiger partial charge in [0.05, 0.1) is 5.75 Å². The number of thioether (sulfide) groups is 1.